The van der Waals surface area contributed by atoms with Gasteiger partial charge in [-0.2, -0.15) is 0 Å². The molecule has 1 unspecified atom stereocenters. The van der Waals surface area contributed by atoms with E-state index >= 15 is 0 Å². The van der Waals surface area contributed by atoms with Crippen LogP contribution >= 0.6 is 0 Å². The van der Waals surface area contributed by atoms with E-state index in [1.54, 1.807) is 4.90 Å². The molecule has 0 saturated heterocycles. The summed E-state index contributed by atoms with van der Waals surface area (Å²) in [5, 5.41) is 0. The summed E-state index contributed by atoms with van der Waals surface area (Å²) < 4.78 is 24.0. The lowest BCUT2D eigenvalue weighted by Crippen LogP contribution is -2.38. The smallest absolute Gasteiger partial charge is 0.410 e. The van der Waals surface area contributed by atoms with E-state index in [0.717, 1.165) is 173 Å². The van der Waals surface area contributed by atoms with Crippen LogP contribution in [0.2, 0.25) is 0 Å². The molecule has 0 N–H and O–H groups in total. The Morgan fingerprint density at radius 1 is 0.329 bits per heavy atom. The molecule has 1 amide bonds. The van der Waals surface area contributed by atoms with Crippen molar-refractivity contribution in [3.63, 3.8) is 0 Å². The number of esters is 3. The standard InChI is InChI=1S/C60H116N2O8/c1-9-14-19-31-41-54(42-32-20-15-10-2)68-57(63)47-37-29-25-23-27-35-45-56(70-60(66)62(51-39-50-61(7)8)52-49-59(65)67-53(6)40-18-13-5)46-36-28-24-26-30-38-48-58(64)69-55(43-33-21-16-11-3)44-34-22-17-12-4/h53-56H,9-52H2,1-8H3. The van der Waals surface area contributed by atoms with Gasteiger partial charge in [-0.15, -0.1) is 0 Å². The van der Waals surface area contributed by atoms with E-state index in [1.165, 1.54) is 77.0 Å². The number of nitrogens with zero attached hydrogens (tertiary/aromatic N) is 2. The summed E-state index contributed by atoms with van der Waals surface area (Å²) in [6, 6.07) is 0. The number of hydrogen-bond acceptors (Lipinski definition) is 9. The number of ether oxygens (including phenoxy) is 4. The molecule has 10 nitrogen and oxygen atoms in total. The van der Waals surface area contributed by atoms with Gasteiger partial charge in [0.05, 0.1) is 12.5 Å². The number of hydrogen-bond donors (Lipinski definition) is 0. The molecule has 0 aliphatic rings. The van der Waals surface area contributed by atoms with E-state index in [4.69, 9.17) is 18.9 Å². The fourth-order valence-electron chi connectivity index (χ4n) is 9.32. The summed E-state index contributed by atoms with van der Waals surface area (Å²) in [7, 11) is 4.06. The van der Waals surface area contributed by atoms with Crippen molar-refractivity contribution in [3.8, 4) is 0 Å². The molecule has 0 aliphatic carbocycles. The average molecular weight is 994 g/mol. The number of carbonyl (C=O) groups is 4. The van der Waals surface area contributed by atoms with Gasteiger partial charge in [-0.3, -0.25) is 14.4 Å². The third kappa shape index (κ3) is 44.3. The van der Waals surface area contributed by atoms with Gasteiger partial charge in [0, 0.05) is 25.9 Å². The third-order valence-corrected chi connectivity index (χ3v) is 13.9. The minimum atomic E-state index is -0.331. The fraction of sp³-hybridized carbons (Fsp3) is 0.933. The van der Waals surface area contributed by atoms with Crippen LogP contribution in [-0.4, -0.2) is 91.9 Å². The van der Waals surface area contributed by atoms with Crippen LogP contribution in [0.15, 0.2) is 0 Å². The minimum Gasteiger partial charge on any atom is -0.463 e. The Morgan fingerprint density at radius 3 is 1.03 bits per heavy atom. The average Bonchev–Trinajstić information content (AvgIpc) is 3.33. The number of amides is 1. The Kier molecular flexibility index (Phi) is 48.5. The van der Waals surface area contributed by atoms with Gasteiger partial charge in [0.1, 0.15) is 18.3 Å². The van der Waals surface area contributed by atoms with E-state index in [9.17, 15) is 19.2 Å². The Bertz CT molecular complexity index is 1120. The normalized spacial score (nSPS) is 12.1. The zero-order valence-electron chi connectivity index (χ0n) is 47.6. The Labute approximate surface area is 433 Å². The molecule has 0 fully saturated rings. The lowest BCUT2D eigenvalue weighted by Gasteiger charge is -2.26. The second-order valence-corrected chi connectivity index (χ2v) is 21.3. The van der Waals surface area contributed by atoms with Crippen LogP contribution in [0.5, 0.6) is 0 Å². The molecule has 0 saturated carbocycles. The molecule has 1 atom stereocenters. The molecule has 0 rings (SSSR count). The highest BCUT2D eigenvalue weighted by atomic mass is 16.6. The Morgan fingerprint density at radius 2 is 0.657 bits per heavy atom. The quantitative estimate of drug-likeness (QED) is 0.0334. The Balaban J connectivity index is 5.20. The Hall–Kier alpha value is -2.36. The maximum atomic E-state index is 13.8. The molecule has 0 aromatic heterocycles. The van der Waals surface area contributed by atoms with Crippen LogP contribution in [0, 0.1) is 0 Å². The van der Waals surface area contributed by atoms with Crippen LogP contribution in [-0.2, 0) is 33.3 Å². The molecule has 0 aromatic carbocycles. The van der Waals surface area contributed by atoms with Gasteiger partial charge in [0.15, 0.2) is 0 Å². The van der Waals surface area contributed by atoms with Gasteiger partial charge in [0.2, 0.25) is 0 Å². The van der Waals surface area contributed by atoms with Crippen LogP contribution in [0.25, 0.3) is 0 Å². The second kappa shape index (κ2) is 50.2. The monoisotopic (exact) mass is 993 g/mol. The third-order valence-electron chi connectivity index (χ3n) is 13.9. The summed E-state index contributed by atoms with van der Waals surface area (Å²) in [6.07, 6.45) is 41.5. The maximum Gasteiger partial charge on any atom is 0.410 e. The predicted octanol–water partition coefficient (Wildman–Crippen LogP) is 17.2. The highest BCUT2D eigenvalue weighted by Crippen LogP contribution is 2.22. The summed E-state index contributed by atoms with van der Waals surface area (Å²) in [6.45, 7) is 14.7. The highest BCUT2D eigenvalue weighted by molar-refractivity contribution is 5.72. The van der Waals surface area contributed by atoms with Crippen LogP contribution in [0.3, 0.4) is 0 Å². The summed E-state index contributed by atoms with van der Waals surface area (Å²) in [4.78, 5) is 56.1. The highest BCUT2D eigenvalue weighted by Gasteiger charge is 2.22. The first-order chi connectivity index (χ1) is 34.0. The van der Waals surface area contributed by atoms with Gasteiger partial charge >= 0.3 is 24.0 Å². The molecular formula is C60H116N2O8. The van der Waals surface area contributed by atoms with Crippen molar-refractivity contribution in [1.29, 1.82) is 0 Å². The van der Waals surface area contributed by atoms with E-state index in [-0.39, 0.29) is 61.4 Å². The fourth-order valence-corrected chi connectivity index (χ4v) is 9.32. The molecule has 0 bridgehead atoms. The van der Waals surface area contributed by atoms with E-state index in [2.05, 4.69) is 39.5 Å². The van der Waals surface area contributed by atoms with Gasteiger partial charge < -0.3 is 28.7 Å². The van der Waals surface area contributed by atoms with Crippen LogP contribution in [0.1, 0.15) is 305 Å². The first-order valence-corrected chi connectivity index (χ1v) is 30.2. The zero-order valence-corrected chi connectivity index (χ0v) is 47.6. The molecule has 0 aliphatic heterocycles. The summed E-state index contributed by atoms with van der Waals surface area (Å²) in [5.74, 6) is -0.321. The molecule has 0 radical (unpaired) electrons. The molecule has 0 heterocycles. The van der Waals surface area contributed by atoms with Gasteiger partial charge in [-0.05, 0) is 130 Å². The SMILES string of the molecule is CCCCCCC(CCCCCC)OC(=O)CCCCCCCCC(CCCCCCCCC(=O)OC(CCCCCC)CCCCCC)OC(=O)N(CCCN(C)C)CCC(=O)OC(C)CCCC. The zero-order chi connectivity index (χ0) is 51.7. The van der Waals surface area contributed by atoms with Crippen molar-refractivity contribution in [2.45, 2.75) is 329 Å². The van der Waals surface area contributed by atoms with Crippen molar-refractivity contribution in [2.24, 2.45) is 0 Å². The lowest BCUT2D eigenvalue weighted by atomic mass is 10.0. The molecule has 414 valence electrons. The summed E-state index contributed by atoms with van der Waals surface area (Å²) in [5.41, 5.74) is 0. The molecule has 0 spiro atoms. The maximum absolute atomic E-state index is 13.8. The van der Waals surface area contributed by atoms with Crippen molar-refractivity contribution < 1.29 is 38.1 Å². The van der Waals surface area contributed by atoms with E-state index < -0.39 is 0 Å². The predicted molar refractivity (Wildman–Crippen MR) is 293 cm³/mol. The number of carbonyl (C=O) groups excluding carboxylic acids is 4. The molecule has 10 heteroatoms. The molecule has 0 aromatic rings. The van der Waals surface area contributed by atoms with Crippen molar-refractivity contribution >= 4 is 24.0 Å². The van der Waals surface area contributed by atoms with E-state index in [1.807, 2.05) is 21.0 Å². The van der Waals surface area contributed by atoms with Crippen molar-refractivity contribution in [2.75, 3.05) is 33.7 Å². The van der Waals surface area contributed by atoms with Crippen LogP contribution < -0.4 is 0 Å². The number of unbranched alkanes of at least 4 members (excludes halogenated alkanes) is 23. The van der Waals surface area contributed by atoms with Gasteiger partial charge in [0.25, 0.3) is 0 Å². The summed E-state index contributed by atoms with van der Waals surface area (Å²) >= 11 is 0. The van der Waals surface area contributed by atoms with Crippen LogP contribution in [0.4, 0.5) is 4.79 Å². The largest absolute Gasteiger partial charge is 0.463 e. The van der Waals surface area contributed by atoms with E-state index in [0.29, 0.717) is 19.4 Å². The lowest BCUT2D eigenvalue weighted by molar-refractivity contribution is -0.151. The first kappa shape index (κ1) is 67.6. The second-order valence-electron chi connectivity index (χ2n) is 21.3. The van der Waals surface area contributed by atoms with Crippen molar-refractivity contribution in [1.82, 2.24) is 9.80 Å². The molecule has 70 heavy (non-hydrogen) atoms. The van der Waals surface area contributed by atoms with Gasteiger partial charge in [-0.25, -0.2) is 4.79 Å². The topological polar surface area (TPSA) is 112 Å². The minimum absolute atomic E-state index is 0.0279. The molecular weight excluding hydrogens is 877 g/mol. The number of rotatable bonds is 52. The van der Waals surface area contributed by atoms with Crippen molar-refractivity contribution in [3.05, 3.63) is 0 Å². The first-order valence-electron chi connectivity index (χ1n) is 30.2. The van der Waals surface area contributed by atoms with Gasteiger partial charge in [-0.1, -0.05) is 176 Å².